The number of halogens is 5. The molecule has 1 aromatic heterocycles. The Hall–Kier alpha value is -3.45. The van der Waals surface area contributed by atoms with E-state index in [-0.39, 0.29) is 16.4 Å². The Labute approximate surface area is 186 Å². The summed E-state index contributed by atoms with van der Waals surface area (Å²) in [6.45, 7) is -1.54. The Bertz CT molecular complexity index is 1080. The number of amides is 2. The Kier molecular flexibility index (Phi) is 7.94. The lowest BCUT2D eigenvalue weighted by Gasteiger charge is -2.10. The van der Waals surface area contributed by atoms with E-state index in [0.717, 1.165) is 18.2 Å². The van der Waals surface area contributed by atoms with Gasteiger partial charge in [-0.2, -0.15) is 13.2 Å². The van der Waals surface area contributed by atoms with Gasteiger partial charge in [-0.1, -0.05) is 23.2 Å². The highest BCUT2D eigenvalue weighted by molar-refractivity contribution is 6.33. The van der Waals surface area contributed by atoms with Crippen molar-refractivity contribution in [3.05, 3.63) is 61.7 Å². The van der Waals surface area contributed by atoms with Gasteiger partial charge < -0.3 is 15.4 Å². The minimum atomic E-state index is -4.67. The fourth-order valence-corrected chi connectivity index (χ4v) is 2.56. The van der Waals surface area contributed by atoms with Crippen molar-refractivity contribution in [3.8, 4) is 0 Å². The number of aromatic nitrogens is 1. The number of nitro benzene ring substituents is 1. The number of nitro groups is 1. The fourth-order valence-electron chi connectivity index (χ4n) is 2.12. The number of rotatable bonds is 7. The highest BCUT2D eigenvalue weighted by atomic mass is 35.5. The molecule has 2 amide bonds. The minimum Gasteiger partial charge on any atom is -0.454 e. The van der Waals surface area contributed by atoms with Crippen LogP contribution in [0.2, 0.25) is 10.0 Å². The van der Waals surface area contributed by atoms with Crippen LogP contribution in [-0.4, -0.2) is 40.8 Å². The van der Waals surface area contributed by atoms with Gasteiger partial charge in [-0.05, 0) is 12.1 Å². The van der Waals surface area contributed by atoms with E-state index in [9.17, 15) is 37.7 Å². The van der Waals surface area contributed by atoms with Crippen LogP contribution in [0, 0.1) is 10.1 Å². The van der Waals surface area contributed by atoms with E-state index in [2.05, 4.69) is 20.4 Å². The van der Waals surface area contributed by atoms with E-state index >= 15 is 0 Å². The molecule has 170 valence electrons. The summed E-state index contributed by atoms with van der Waals surface area (Å²) in [6, 6.07) is 3.68. The summed E-state index contributed by atoms with van der Waals surface area (Å²) >= 11 is 11.3. The van der Waals surface area contributed by atoms with E-state index in [0.29, 0.717) is 12.3 Å². The number of esters is 1. The van der Waals surface area contributed by atoms with Crippen LogP contribution in [0.25, 0.3) is 0 Å². The number of nitrogens with zero attached hydrogens (tertiary/aromatic N) is 2. The highest BCUT2D eigenvalue weighted by Gasteiger charge is 2.31. The van der Waals surface area contributed by atoms with E-state index in [1.807, 2.05) is 0 Å². The summed E-state index contributed by atoms with van der Waals surface area (Å²) < 4.78 is 42.3. The van der Waals surface area contributed by atoms with Crippen LogP contribution in [-0.2, 0) is 20.5 Å². The lowest BCUT2D eigenvalue weighted by molar-refractivity contribution is -0.384. The summed E-state index contributed by atoms with van der Waals surface area (Å²) in [5.41, 5.74) is -1.73. The Balaban J connectivity index is 1.85. The van der Waals surface area contributed by atoms with E-state index in [4.69, 9.17) is 23.2 Å². The number of anilines is 1. The lowest BCUT2D eigenvalue weighted by Crippen LogP contribution is -2.32. The van der Waals surface area contributed by atoms with Crippen molar-refractivity contribution in [2.24, 2.45) is 0 Å². The smallest absolute Gasteiger partial charge is 0.417 e. The number of pyridine rings is 1. The number of benzene rings is 1. The molecule has 0 spiro atoms. The summed E-state index contributed by atoms with van der Waals surface area (Å²) in [4.78, 5) is 48.9. The summed E-state index contributed by atoms with van der Waals surface area (Å²) in [7, 11) is 0. The zero-order valence-electron chi connectivity index (χ0n) is 15.5. The van der Waals surface area contributed by atoms with Crippen molar-refractivity contribution >= 4 is 52.5 Å². The molecule has 2 aromatic rings. The number of non-ortho nitro benzene ring substituents is 1. The maximum absolute atomic E-state index is 12.6. The molecule has 0 atom stereocenters. The SMILES string of the molecule is O=C(COC(=O)CNC(=O)c1cc(Cl)cc([N+](=O)[O-])c1)Nc1ncc(C(F)(F)F)cc1Cl. The molecule has 0 fully saturated rings. The summed E-state index contributed by atoms with van der Waals surface area (Å²) in [6.07, 6.45) is -4.21. The molecule has 2 N–H and O–H groups in total. The molecular weight excluding hydrogens is 484 g/mol. The highest BCUT2D eigenvalue weighted by Crippen LogP contribution is 2.32. The topological polar surface area (TPSA) is 141 Å². The van der Waals surface area contributed by atoms with Crippen LogP contribution in [0.4, 0.5) is 24.7 Å². The molecule has 0 radical (unpaired) electrons. The first-order valence-electron chi connectivity index (χ1n) is 8.28. The van der Waals surface area contributed by atoms with Gasteiger partial charge >= 0.3 is 12.1 Å². The maximum atomic E-state index is 12.6. The predicted octanol–water partition coefficient (Wildman–Crippen LogP) is 3.23. The quantitative estimate of drug-likeness (QED) is 0.342. The second-order valence-corrected chi connectivity index (χ2v) is 6.74. The van der Waals surface area contributed by atoms with Crippen molar-refractivity contribution in [1.82, 2.24) is 10.3 Å². The first-order chi connectivity index (χ1) is 14.9. The molecule has 1 heterocycles. The molecule has 0 aliphatic rings. The standard InChI is InChI=1S/C17H11Cl2F3N4O6/c18-10-1-8(2-11(4-10)26(30)31)16(29)24-6-14(28)32-7-13(27)25-15-12(19)3-9(5-23-15)17(20,21)22/h1-5H,6-7H2,(H,24,29)(H,23,25,27). The van der Waals surface area contributed by atoms with Crippen LogP contribution in [0.5, 0.6) is 0 Å². The van der Waals surface area contributed by atoms with Crippen molar-refractivity contribution in [3.63, 3.8) is 0 Å². The first-order valence-corrected chi connectivity index (χ1v) is 9.04. The largest absolute Gasteiger partial charge is 0.454 e. The minimum absolute atomic E-state index is 0.0702. The second kappa shape index (κ2) is 10.2. The molecule has 10 nitrogen and oxygen atoms in total. The van der Waals surface area contributed by atoms with Gasteiger partial charge in [0.15, 0.2) is 12.4 Å². The van der Waals surface area contributed by atoms with Crippen LogP contribution in [0.3, 0.4) is 0 Å². The van der Waals surface area contributed by atoms with Gasteiger partial charge in [0.2, 0.25) is 0 Å². The number of carbonyl (C=O) groups is 3. The monoisotopic (exact) mass is 494 g/mol. The normalized spacial score (nSPS) is 10.9. The zero-order valence-corrected chi connectivity index (χ0v) is 17.0. The van der Waals surface area contributed by atoms with Crippen molar-refractivity contribution in [1.29, 1.82) is 0 Å². The lowest BCUT2D eigenvalue weighted by atomic mass is 10.2. The molecule has 0 aliphatic heterocycles. The van der Waals surface area contributed by atoms with E-state index in [1.54, 1.807) is 0 Å². The van der Waals surface area contributed by atoms with Crippen LogP contribution in [0.1, 0.15) is 15.9 Å². The predicted molar refractivity (Wildman–Crippen MR) is 104 cm³/mol. The third kappa shape index (κ3) is 7.06. The molecule has 0 unspecified atom stereocenters. The van der Waals surface area contributed by atoms with Crippen LogP contribution >= 0.6 is 23.2 Å². The number of hydrogen-bond donors (Lipinski definition) is 2. The number of alkyl halides is 3. The third-order valence-corrected chi connectivity index (χ3v) is 4.05. The molecule has 32 heavy (non-hydrogen) atoms. The number of carbonyl (C=O) groups excluding carboxylic acids is 3. The summed E-state index contributed by atoms with van der Waals surface area (Å²) in [5, 5.41) is 14.4. The Morgan fingerprint density at radius 2 is 1.84 bits per heavy atom. The van der Waals surface area contributed by atoms with Gasteiger partial charge in [0.25, 0.3) is 17.5 Å². The molecule has 0 aliphatic carbocycles. The van der Waals surface area contributed by atoms with Gasteiger partial charge in [0.1, 0.15) is 6.54 Å². The van der Waals surface area contributed by atoms with Gasteiger partial charge in [-0.25, -0.2) is 4.98 Å². The average Bonchev–Trinajstić information content (AvgIpc) is 2.70. The molecule has 1 aromatic carbocycles. The van der Waals surface area contributed by atoms with Crippen molar-refractivity contribution in [2.45, 2.75) is 6.18 Å². The van der Waals surface area contributed by atoms with Gasteiger partial charge in [0, 0.05) is 28.9 Å². The molecule has 0 saturated heterocycles. The Morgan fingerprint density at radius 1 is 1.16 bits per heavy atom. The first kappa shape index (κ1) is 24.8. The molecular formula is C17H11Cl2F3N4O6. The molecule has 15 heteroatoms. The van der Waals surface area contributed by atoms with Crippen LogP contribution in [0.15, 0.2) is 30.5 Å². The van der Waals surface area contributed by atoms with Gasteiger partial charge in [-0.3, -0.25) is 24.5 Å². The second-order valence-electron chi connectivity index (χ2n) is 5.90. The Morgan fingerprint density at radius 3 is 2.44 bits per heavy atom. The molecule has 0 saturated carbocycles. The zero-order chi connectivity index (χ0) is 24.1. The average molecular weight is 495 g/mol. The third-order valence-electron chi connectivity index (χ3n) is 3.54. The van der Waals surface area contributed by atoms with Gasteiger partial charge in [0.05, 0.1) is 15.5 Å². The number of ether oxygens (including phenoxy) is 1. The molecule has 2 rings (SSSR count). The fraction of sp³-hybridized carbons (Fsp3) is 0.176. The van der Waals surface area contributed by atoms with Crippen LogP contribution < -0.4 is 10.6 Å². The number of nitrogens with one attached hydrogen (secondary N) is 2. The summed E-state index contributed by atoms with van der Waals surface area (Å²) in [5.74, 6) is -3.24. The van der Waals surface area contributed by atoms with Crippen molar-refractivity contribution in [2.75, 3.05) is 18.5 Å². The van der Waals surface area contributed by atoms with E-state index in [1.165, 1.54) is 0 Å². The van der Waals surface area contributed by atoms with Gasteiger partial charge in [-0.15, -0.1) is 0 Å². The number of hydrogen-bond acceptors (Lipinski definition) is 7. The maximum Gasteiger partial charge on any atom is 0.417 e. The molecule has 0 bridgehead atoms. The van der Waals surface area contributed by atoms with E-state index < -0.39 is 58.3 Å². The van der Waals surface area contributed by atoms with Crippen molar-refractivity contribution < 1.29 is 37.2 Å².